The fraction of sp³-hybridized carbons (Fsp3) is 0.871. The van der Waals surface area contributed by atoms with E-state index in [2.05, 4.69) is 42.9 Å². The number of likely N-dealkylation sites (N-methyl/N-ethyl adjacent to an activating group) is 1. The third-order valence-corrected chi connectivity index (χ3v) is 7.91. The molecule has 0 aliphatic carbocycles. The summed E-state index contributed by atoms with van der Waals surface area (Å²) in [6, 6.07) is -0.872. The van der Waals surface area contributed by atoms with Gasteiger partial charge in [0, 0.05) is 26.2 Å². The van der Waals surface area contributed by atoms with Crippen LogP contribution in [0, 0.1) is 11.8 Å². The first kappa shape index (κ1) is 36.8. The lowest BCUT2D eigenvalue weighted by Gasteiger charge is -2.39. The van der Waals surface area contributed by atoms with Crippen molar-refractivity contribution in [3.05, 3.63) is 0 Å². The molecule has 0 aromatic rings. The van der Waals surface area contributed by atoms with Crippen LogP contribution in [-0.4, -0.2) is 122 Å². The Hall–Kier alpha value is -2.20. The molecule has 0 radical (unpaired) electrons. The quantitative estimate of drug-likeness (QED) is 0.330. The number of hydrogen-bond donors (Lipinski definition) is 1. The van der Waals surface area contributed by atoms with E-state index in [4.69, 9.17) is 4.74 Å². The average Bonchev–Trinajstić information content (AvgIpc) is 3.42. The van der Waals surface area contributed by atoms with Gasteiger partial charge < -0.3 is 24.8 Å². The number of ether oxygens (including phenoxy) is 1. The smallest absolute Gasteiger partial charge is 0.328 e. The number of carbonyl (C=O) groups is 4. The Bertz CT molecular complexity index is 784. The Morgan fingerprint density at radius 1 is 0.902 bits per heavy atom. The summed E-state index contributed by atoms with van der Waals surface area (Å²) in [6.07, 6.45) is 8.89. The standard InChI is InChI=1S/C21H36N4O5.C6H13N.C4H10/c1-15(2)18(23(3)19(27)12-22-14-26)13-24-10-7-9-16(24)20(28)25-11-6-5-8-17(25)21(29)30-4;1-7-5-3-2-4-6-7;1-4(2)3/h14-18H,5-13H2,1-4H3,(H,22,26);2-6H2,1H3;4H,1-3H3/t16-,17?,18+;;/m0../s1. The summed E-state index contributed by atoms with van der Waals surface area (Å²) in [4.78, 5) is 56.4. The first-order chi connectivity index (χ1) is 19.4. The van der Waals surface area contributed by atoms with Crippen LogP contribution in [0.15, 0.2) is 0 Å². The zero-order valence-corrected chi connectivity index (χ0v) is 27.2. The van der Waals surface area contributed by atoms with E-state index in [9.17, 15) is 19.2 Å². The summed E-state index contributed by atoms with van der Waals surface area (Å²) in [5.74, 6) is 0.497. The third-order valence-electron chi connectivity index (χ3n) is 7.91. The SMILES string of the molecule is CC(C)C.CN1CCCCC1.COC(=O)C1CCCCN1C(=O)[C@@H]1CCCN1C[C@H](C(C)C)N(C)C(=O)CNC=O. The Morgan fingerprint density at radius 2 is 1.49 bits per heavy atom. The van der Waals surface area contributed by atoms with Crippen molar-refractivity contribution in [2.24, 2.45) is 11.8 Å². The number of methoxy groups -OCH3 is 1. The molecule has 3 fully saturated rings. The number of nitrogens with zero attached hydrogens (tertiary/aromatic N) is 4. The Balaban J connectivity index is 0.000000637. The number of piperidine rings is 2. The van der Waals surface area contributed by atoms with Crippen molar-refractivity contribution < 1.29 is 23.9 Å². The fourth-order valence-electron chi connectivity index (χ4n) is 5.60. The molecular weight excluding hydrogens is 522 g/mol. The second kappa shape index (κ2) is 19.8. The number of carbonyl (C=O) groups excluding carboxylic acids is 4. The highest BCUT2D eigenvalue weighted by atomic mass is 16.5. The lowest BCUT2D eigenvalue weighted by atomic mass is 9.99. The van der Waals surface area contributed by atoms with E-state index in [0.29, 0.717) is 25.9 Å². The first-order valence-corrected chi connectivity index (χ1v) is 15.7. The molecule has 3 saturated heterocycles. The molecule has 3 aliphatic rings. The summed E-state index contributed by atoms with van der Waals surface area (Å²) < 4.78 is 4.92. The number of nitrogens with one attached hydrogen (secondary N) is 1. The van der Waals surface area contributed by atoms with Crippen LogP contribution < -0.4 is 5.32 Å². The van der Waals surface area contributed by atoms with E-state index in [1.165, 1.54) is 39.5 Å². The van der Waals surface area contributed by atoms with E-state index in [1.54, 1.807) is 16.8 Å². The Morgan fingerprint density at radius 3 is 2.00 bits per heavy atom. The van der Waals surface area contributed by atoms with Crippen molar-refractivity contribution in [3.63, 3.8) is 0 Å². The minimum absolute atomic E-state index is 0.0123. The molecule has 3 heterocycles. The van der Waals surface area contributed by atoms with Crippen LogP contribution >= 0.6 is 0 Å². The normalized spacial score (nSPS) is 22.1. The summed E-state index contributed by atoms with van der Waals surface area (Å²) in [5, 5.41) is 2.42. The van der Waals surface area contributed by atoms with Gasteiger partial charge >= 0.3 is 5.97 Å². The summed E-state index contributed by atoms with van der Waals surface area (Å²) in [6.45, 7) is 15.1. The van der Waals surface area contributed by atoms with Crippen molar-refractivity contribution in [3.8, 4) is 0 Å². The fourth-order valence-corrected chi connectivity index (χ4v) is 5.60. The highest BCUT2D eigenvalue weighted by Gasteiger charge is 2.41. The highest BCUT2D eigenvalue weighted by molar-refractivity contribution is 5.88. The van der Waals surface area contributed by atoms with Gasteiger partial charge in [0.25, 0.3) is 0 Å². The first-order valence-electron chi connectivity index (χ1n) is 15.7. The maximum Gasteiger partial charge on any atom is 0.328 e. The van der Waals surface area contributed by atoms with Crippen molar-refractivity contribution in [2.45, 2.75) is 104 Å². The Labute approximate surface area is 249 Å². The van der Waals surface area contributed by atoms with Gasteiger partial charge in [-0.05, 0) is 83.5 Å². The lowest BCUT2D eigenvalue weighted by molar-refractivity contribution is -0.156. The van der Waals surface area contributed by atoms with Gasteiger partial charge in [0.15, 0.2) is 0 Å². The van der Waals surface area contributed by atoms with Gasteiger partial charge in [-0.3, -0.25) is 19.3 Å². The Kier molecular flexibility index (Phi) is 17.8. The molecule has 41 heavy (non-hydrogen) atoms. The second-order valence-corrected chi connectivity index (χ2v) is 12.6. The molecule has 0 saturated carbocycles. The van der Waals surface area contributed by atoms with Crippen molar-refractivity contribution in [2.75, 3.05) is 60.5 Å². The monoisotopic (exact) mass is 581 g/mol. The summed E-state index contributed by atoms with van der Waals surface area (Å²) in [5.41, 5.74) is 0. The molecule has 10 nitrogen and oxygen atoms in total. The molecule has 0 spiro atoms. The van der Waals surface area contributed by atoms with Gasteiger partial charge in [0.2, 0.25) is 18.2 Å². The minimum Gasteiger partial charge on any atom is -0.467 e. The van der Waals surface area contributed by atoms with E-state index in [0.717, 1.165) is 38.1 Å². The largest absolute Gasteiger partial charge is 0.467 e. The zero-order valence-electron chi connectivity index (χ0n) is 27.2. The van der Waals surface area contributed by atoms with Crippen LogP contribution in [0.1, 0.15) is 86.0 Å². The van der Waals surface area contributed by atoms with Crippen LogP contribution in [0.2, 0.25) is 0 Å². The molecule has 1 unspecified atom stereocenters. The minimum atomic E-state index is -0.502. The van der Waals surface area contributed by atoms with E-state index in [-0.39, 0.29) is 42.3 Å². The number of hydrogen-bond acceptors (Lipinski definition) is 7. The van der Waals surface area contributed by atoms with Crippen LogP contribution in [-0.2, 0) is 23.9 Å². The van der Waals surface area contributed by atoms with Crippen LogP contribution in [0.5, 0.6) is 0 Å². The molecule has 3 atom stereocenters. The topological polar surface area (TPSA) is 102 Å². The molecule has 1 N–H and O–H groups in total. The molecule has 10 heteroatoms. The van der Waals surface area contributed by atoms with Gasteiger partial charge in [0.05, 0.1) is 19.7 Å². The van der Waals surface area contributed by atoms with Gasteiger partial charge in [-0.25, -0.2) is 4.79 Å². The highest BCUT2D eigenvalue weighted by Crippen LogP contribution is 2.26. The van der Waals surface area contributed by atoms with E-state index < -0.39 is 6.04 Å². The van der Waals surface area contributed by atoms with Crippen molar-refractivity contribution >= 4 is 24.2 Å². The van der Waals surface area contributed by atoms with Gasteiger partial charge in [-0.1, -0.05) is 41.0 Å². The average molecular weight is 582 g/mol. The van der Waals surface area contributed by atoms with Crippen LogP contribution in [0.4, 0.5) is 0 Å². The molecular formula is C31H59N5O5. The zero-order chi connectivity index (χ0) is 30.9. The van der Waals surface area contributed by atoms with Crippen LogP contribution in [0.25, 0.3) is 0 Å². The van der Waals surface area contributed by atoms with Gasteiger partial charge in [-0.15, -0.1) is 0 Å². The number of likely N-dealkylation sites (tertiary alicyclic amines) is 3. The summed E-state index contributed by atoms with van der Waals surface area (Å²) in [7, 11) is 5.30. The van der Waals surface area contributed by atoms with Crippen molar-refractivity contribution in [1.29, 1.82) is 0 Å². The summed E-state index contributed by atoms with van der Waals surface area (Å²) >= 11 is 0. The molecule has 0 aromatic carbocycles. The lowest BCUT2D eigenvalue weighted by Crippen LogP contribution is -2.56. The number of esters is 1. The second-order valence-electron chi connectivity index (χ2n) is 12.6. The molecule has 3 aliphatic heterocycles. The predicted molar refractivity (Wildman–Crippen MR) is 163 cm³/mol. The molecule has 0 bridgehead atoms. The number of amides is 3. The molecule has 3 amide bonds. The maximum atomic E-state index is 13.4. The van der Waals surface area contributed by atoms with Crippen LogP contribution in [0.3, 0.4) is 0 Å². The third kappa shape index (κ3) is 13.1. The van der Waals surface area contributed by atoms with Gasteiger partial charge in [0.1, 0.15) is 6.04 Å². The van der Waals surface area contributed by atoms with E-state index in [1.807, 2.05) is 13.8 Å². The molecule has 238 valence electrons. The van der Waals surface area contributed by atoms with Gasteiger partial charge in [-0.2, -0.15) is 0 Å². The molecule has 3 rings (SSSR count). The predicted octanol–water partition coefficient (Wildman–Crippen LogP) is 3.00. The van der Waals surface area contributed by atoms with Crippen molar-refractivity contribution in [1.82, 2.24) is 24.9 Å². The van der Waals surface area contributed by atoms with E-state index >= 15 is 0 Å². The maximum absolute atomic E-state index is 13.4. The molecule has 0 aromatic heterocycles. The number of rotatable bonds is 9.